The Hall–Kier alpha value is -2.57. The Bertz CT molecular complexity index is 656. The SMILES string of the molecule is CC(=O)c1ccc(NCC(=O)N2CCN(C(=O)OC(C)(C)C)CC2)cc1. The van der Waals surface area contributed by atoms with Gasteiger partial charge in [-0.25, -0.2) is 4.79 Å². The third-order valence-electron chi connectivity index (χ3n) is 4.02. The Morgan fingerprint density at radius 3 is 2.04 bits per heavy atom. The zero-order valence-corrected chi connectivity index (χ0v) is 15.9. The van der Waals surface area contributed by atoms with Gasteiger partial charge < -0.3 is 19.9 Å². The molecule has 1 aromatic rings. The summed E-state index contributed by atoms with van der Waals surface area (Å²) in [4.78, 5) is 39.0. The zero-order chi connectivity index (χ0) is 19.3. The number of carbonyl (C=O) groups is 3. The Morgan fingerprint density at radius 2 is 1.54 bits per heavy atom. The first kappa shape index (κ1) is 19.8. The van der Waals surface area contributed by atoms with E-state index in [0.29, 0.717) is 31.7 Å². The van der Waals surface area contributed by atoms with Crippen molar-refractivity contribution in [1.29, 1.82) is 0 Å². The summed E-state index contributed by atoms with van der Waals surface area (Å²) in [6.07, 6.45) is -0.340. The Balaban J connectivity index is 1.77. The fraction of sp³-hybridized carbons (Fsp3) is 0.526. The molecule has 0 atom stereocenters. The van der Waals surface area contributed by atoms with E-state index in [2.05, 4.69) is 5.32 Å². The van der Waals surface area contributed by atoms with Crippen LogP contribution in [0, 0.1) is 0 Å². The first-order valence-corrected chi connectivity index (χ1v) is 8.76. The third kappa shape index (κ3) is 5.75. The summed E-state index contributed by atoms with van der Waals surface area (Å²) < 4.78 is 5.35. The fourth-order valence-corrected chi connectivity index (χ4v) is 2.58. The normalized spacial score (nSPS) is 14.8. The molecule has 7 nitrogen and oxygen atoms in total. The lowest BCUT2D eigenvalue weighted by Gasteiger charge is -2.35. The molecule has 0 aromatic heterocycles. The number of anilines is 1. The predicted molar refractivity (Wildman–Crippen MR) is 99.3 cm³/mol. The first-order valence-electron chi connectivity index (χ1n) is 8.76. The lowest BCUT2D eigenvalue weighted by Crippen LogP contribution is -2.52. The summed E-state index contributed by atoms with van der Waals surface area (Å²) >= 11 is 0. The van der Waals surface area contributed by atoms with Crippen molar-refractivity contribution in [3.8, 4) is 0 Å². The van der Waals surface area contributed by atoms with Crippen molar-refractivity contribution in [1.82, 2.24) is 9.80 Å². The van der Waals surface area contributed by atoms with Gasteiger partial charge in [0.25, 0.3) is 0 Å². The number of piperazine rings is 1. The standard InChI is InChI=1S/C19H27N3O4/c1-14(23)15-5-7-16(8-6-15)20-13-17(24)21-9-11-22(12-10-21)18(25)26-19(2,3)4/h5-8,20H,9-13H2,1-4H3. The maximum absolute atomic E-state index is 12.3. The molecule has 1 aromatic carbocycles. The average Bonchev–Trinajstić information content (AvgIpc) is 2.58. The van der Waals surface area contributed by atoms with Gasteiger partial charge in [-0.1, -0.05) is 0 Å². The molecule has 1 heterocycles. The minimum Gasteiger partial charge on any atom is -0.444 e. The molecule has 142 valence electrons. The van der Waals surface area contributed by atoms with Gasteiger partial charge in [0.1, 0.15) is 5.60 Å². The van der Waals surface area contributed by atoms with Crippen LogP contribution in [0.5, 0.6) is 0 Å². The summed E-state index contributed by atoms with van der Waals surface area (Å²) in [5.74, 6) is -0.0139. The largest absolute Gasteiger partial charge is 0.444 e. The van der Waals surface area contributed by atoms with E-state index in [-0.39, 0.29) is 24.3 Å². The second-order valence-electron chi connectivity index (χ2n) is 7.34. The lowest BCUT2D eigenvalue weighted by atomic mass is 10.1. The topological polar surface area (TPSA) is 79.0 Å². The van der Waals surface area contributed by atoms with E-state index >= 15 is 0 Å². The predicted octanol–water partition coefficient (Wildman–Crippen LogP) is 2.38. The number of rotatable bonds is 4. The maximum Gasteiger partial charge on any atom is 0.410 e. The van der Waals surface area contributed by atoms with Crippen molar-refractivity contribution in [3.63, 3.8) is 0 Å². The van der Waals surface area contributed by atoms with Crippen LogP contribution in [0.15, 0.2) is 24.3 Å². The number of benzene rings is 1. The van der Waals surface area contributed by atoms with Crippen molar-refractivity contribution in [2.24, 2.45) is 0 Å². The quantitative estimate of drug-likeness (QED) is 0.833. The fourth-order valence-electron chi connectivity index (χ4n) is 2.58. The minimum atomic E-state index is -0.522. The van der Waals surface area contributed by atoms with Crippen molar-refractivity contribution < 1.29 is 19.1 Å². The molecule has 1 aliphatic heterocycles. The molecule has 0 aliphatic carbocycles. The second kappa shape index (κ2) is 8.21. The summed E-state index contributed by atoms with van der Waals surface area (Å²) in [7, 11) is 0. The molecule has 2 amide bonds. The highest BCUT2D eigenvalue weighted by molar-refractivity contribution is 5.94. The number of ether oxygens (including phenoxy) is 1. The summed E-state index contributed by atoms with van der Waals surface area (Å²) in [5.41, 5.74) is 0.905. The Morgan fingerprint density at radius 1 is 1.00 bits per heavy atom. The third-order valence-corrected chi connectivity index (χ3v) is 4.02. The van der Waals surface area contributed by atoms with Crippen LogP contribution in [0.1, 0.15) is 38.1 Å². The van der Waals surface area contributed by atoms with E-state index in [0.717, 1.165) is 5.69 Å². The van der Waals surface area contributed by atoms with Gasteiger partial charge in [0.15, 0.2) is 5.78 Å². The molecule has 0 unspecified atom stereocenters. The first-order chi connectivity index (χ1) is 12.2. The van der Waals surface area contributed by atoms with E-state index in [4.69, 9.17) is 4.74 Å². The maximum atomic E-state index is 12.3. The van der Waals surface area contributed by atoms with Crippen molar-refractivity contribution >= 4 is 23.5 Å². The van der Waals surface area contributed by atoms with Crippen LogP contribution in [0.25, 0.3) is 0 Å². The van der Waals surface area contributed by atoms with E-state index in [9.17, 15) is 14.4 Å². The van der Waals surface area contributed by atoms with Crippen molar-refractivity contribution in [2.75, 3.05) is 38.0 Å². The van der Waals surface area contributed by atoms with Crippen LogP contribution in [-0.4, -0.2) is 65.9 Å². The zero-order valence-electron chi connectivity index (χ0n) is 15.9. The van der Waals surface area contributed by atoms with Gasteiger partial charge in [0.2, 0.25) is 5.91 Å². The number of Topliss-reactive ketones (excluding diaryl/α,β-unsaturated/α-hetero) is 1. The number of hydrogen-bond acceptors (Lipinski definition) is 5. The Kier molecular flexibility index (Phi) is 6.23. The van der Waals surface area contributed by atoms with Crippen LogP contribution in [0.2, 0.25) is 0 Å². The molecule has 1 saturated heterocycles. The van der Waals surface area contributed by atoms with Crippen molar-refractivity contribution in [2.45, 2.75) is 33.3 Å². The molecule has 26 heavy (non-hydrogen) atoms. The summed E-state index contributed by atoms with van der Waals surface area (Å²) in [5, 5.41) is 3.07. The van der Waals surface area contributed by atoms with Gasteiger partial charge in [0, 0.05) is 37.4 Å². The van der Waals surface area contributed by atoms with E-state index < -0.39 is 5.60 Å². The molecular formula is C19H27N3O4. The summed E-state index contributed by atoms with van der Waals surface area (Å²) in [6, 6.07) is 7.03. The number of nitrogens with one attached hydrogen (secondary N) is 1. The molecule has 1 fully saturated rings. The van der Waals surface area contributed by atoms with Gasteiger partial charge in [0.05, 0.1) is 6.54 Å². The monoisotopic (exact) mass is 361 g/mol. The molecule has 0 radical (unpaired) electrons. The van der Waals surface area contributed by atoms with Gasteiger partial charge in [-0.05, 0) is 52.0 Å². The number of hydrogen-bond donors (Lipinski definition) is 1. The van der Waals surface area contributed by atoms with E-state index in [1.165, 1.54) is 6.92 Å². The van der Waals surface area contributed by atoms with Gasteiger partial charge in [-0.3, -0.25) is 9.59 Å². The van der Waals surface area contributed by atoms with Crippen LogP contribution < -0.4 is 5.32 Å². The molecule has 0 spiro atoms. The van der Waals surface area contributed by atoms with Crippen LogP contribution in [0.3, 0.4) is 0 Å². The highest BCUT2D eigenvalue weighted by Gasteiger charge is 2.27. The lowest BCUT2D eigenvalue weighted by molar-refractivity contribution is -0.131. The van der Waals surface area contributed by atoms with Gasteiger partial charge in [-0.2, -0.15) is 0 Å². The van der Waals surface area contributed by atoms with E-state index in [1.54, 1.807) is 34.1 Å². The minimum absolute atomic E-state index is 0.00971. The molecule has 0 saturated carbocycles. The molecule has 1 aliphatic rings. The summed E-state index contributed by atoms with van der Waals surface area (Å²) in [6.45, 7) is 9.10. The highest BCUT2D eigenvalue weighted by atomic mass is 16.6. The second-order valence-corrected chi connectivity index (χ2v) is 7.34. The highest BCUT2D eigenvalue weighted by Crippen LogP contribution is 2.13. The van der Waals surface area contributed by atoms with Crippen molar-refractivity contribution in [3.05, 3.63) is 29.8 Å². The average molecular weight is 361 g/mol. The van der Waals surface area contributed by atoms with Crippen LogP contribution in [0.4, 0.5) is 10.5 Å². The number of amides is 2. The number of nitrogens with zero attached hydrogens (tertiary/aromatic N) is 2. The Labute approximate surface area is 154 Å². The molecule has 2 rings (SSSR count). The molecule has 1 N–H and O–H groups in total. The van der Waals surface area contributed by atoms with Crippen LogP contribution >= 0.6 is 0 Å². The van der Waals surface area contributed by atoms with Gasteiger partial charge in [-0.15, -0.1) is 0 Å². The van der Waals surface area contributed by atoms with Crippen LogP contribution in [-0.2, 0) is 9.53 Å². The molecule has 7 heteroatoms. The molecular weight excluding hydrogens is 334 g/mol. The number of ketones is 1. The number of carbonyl (C=O) groups excluding carboxylic acids is 3. The molecule has 0 bridgehead atoms. The smallest absolute Gasteiger partial charge is 0.410 e. The van der Waals surface area contributed by atoms with Gasteiger partial charge >= 0.3 is 6.09 Å². The van der Waals surface area contributed by atoms with E-state index in [1.807, 2.05) is 20.8 Å².